The monoisotopic (exact) mass is 345 g/mol. The first-order valence-corrected chi connectivity index (χ1v) is 8.85. The van der Waals surface area contributed by atoms with Crippen molar-refractivity contribution in [3.05, 3.63) is 65.2 Å². The van der Waals surface area contributed by atoms with E-state index in [9.17, 15) is 5.11 Å². The first-order chi connectivity index (χ1) is 11.6. The number of aliphatic hydroxyl groups is 1. The summed E-state index contributed by atoms with van der Waals surface area (Å²) < 4.78 is 5.78. The third-order valence-electron chi connectivity index (χ3n) is 4.93. The fraction of sp³-hybridized carbons (Fsp3) is 0.400. The molecule has 2 atom stereocenters. The normalized spacial score (nSPS) is 24.7. The van der Waals surface area contributed by atoms with Gasteiger partial charge in [0.2, 0.25) is 0 Å². The Hall–Kier alpha value is -1.55. The molecule has 128 valence electrons. The van der Waals surface area contributed by atoms with Gasteiger partial charge in [0.1, 0.15) is 12.4 Å². The summed E-state index contributed by atoms with van der Waals surface area (Å²) in [6, 6.07) is 17.5. The van der Waals surface area contributed by atoms with Gasteiger partial charge >= 0.3 is 0 Å². The third kappa shape index (κ3) is 3.75. The van der Waals surface area contributed by atoms with Crippen LogP contribution in [0.3, 0.4) is 0 Å². The molecular formula is C20H24ClNO2. The molecule has 1 heterocycles. The van der Waals surface area contributed by atoms with Crippen LogP contribution in [0.25, 0.3) is 0 Å². The molecule has 0 aliphatic carbocycles. The van der Waals surface area contributed by atoms with Crippen molar-refractivity contribution < 1.29 is 9.84 Å². The molecule has 0 spiro atoms. The lowest BCUT2D eigenvalue weighted by atomic mass is 9.77. The molecule has 0 bridgehead atoms. The van der Waals surface area contributed by atoms with Crippen LogP contribution in [0.4, 0.5) is 0 Å². The Labute approximate surface area is 148 Å². The maximum absolute atomic E-state index is 11.1. The third-order valence-corrected chi connectivity index (χ3v) is 5.24. The predicted molar refractivity (Wildman–Crippen MR) is 97.5 cm³/mol. The van der Waals surface area contributed by atoms with E-state index in [0.717, 1.165) is 37.4 Å². The standard InChI is InChI=1S/C20H24ClNO2/c1-16-15-22(13-14-24-19-10-6-5-9-18(19)21)12-11-20(16,23)17-7-3-2-4-8-17/h2-10,16,23H,11-15H2,1H3. The smallest absolute Gasteiger partial charge is 0.137 e. The van der Waals surface area contributed by atoms with Crippen molar-refractivity contribution in [3.63, 3.8) is 0 Å². The van der Waals surface area contributed by atoms with E-state index in [1.165, 1.54) is 0 Å². The van der Waals surface area contributed by atoms with Crippen molar-refractivity contribution in [2.75, 3.05) is 26.2 Å². The number of hydrogen-bond acceptors (Lipinski definition) is 3. The van der Waals surface area contributed by atoms with E-state index in [1.54, 1.807) is 0 Å². The molecule has 24 heavy (non-hydrogen) atoms. The molecule has 3 nitrogen and oxygen atoms in total. The highest BCUT2D eigenvalue weighted by Crippen LogP contribution is 2.37. The SMILES string of the molecule is CC1CN(CCOc2ccccc2Cl)CCC1(O)c1ccccc1. The molecule has 0 saturated carbocycles. The van der Waals surface area contributed by atoms with E-state index in [2.05, 4.69) is 11.8 Å². The van der Waals surface area contributed by atoms with E-state index < -0.39 is 5.60 Å². The summed E-state index contributed by atoms with van der Waals surface area (Å²) in [5.74, 6) is 0.902. The van der Waals surface area contributed by atoms with Crippen LogP contribution in [0, 0.1) is 5.92 Å². The zero-order valence-electron chi connectivity index (χ0n) is 14.0. The molecule has 3 rings (SSSR count). The second kappa shape index (κ2) is 7.56. The van der Waals surface area contributed by atoms with Gasteiger partial charge < -0.3 is 9.84 Å². The van der Waals surface area contributed by atoms with Crippen LogP contribution in [0.15, 0.2) is 54.6 Å². The van der Waals surface area contributed by atoms with Gasteiger partial charge in [-0.15, -0.1) is 0 Å². The topological polar surface area (TPSA) is 32.7 Å². The summed E-state index contributed by atoms with van der Waals surface area (Å²) in [5, 5.41) is 11.7. The van der Waals surface area contributed by atoms with Crippen molar-refractivity contribution in [2.24, 2.45) is 5.92 Å². The van der Waals surface area contributed by atoms with E-state index >= 15 is 0 Å². The Morgan fingerprint density at radius 3 is 2.58 bits per heavy atom. The Kier molecular flexibility index (Phi) is 5.44. The quantitative estimate of drug-likeness (QED) is 0.890. The summed E-state index contributed by atoms with van der Waals surface area (Å²) in [7, 11) is 0. The van der Waals surface area contributed by atoms with Crippen molar-refractivity contribution in [2.45, 2.75) is 18.9 Å². The summed E-state index contributed by atoms with van der Waals surface area (Å²) in [5.41, 5.74) is 0.283. The number of ether oxygens (including phenoxy) is 1. The molecule has 1 N–H and O–H groups in total. The molecule has 0 amide bonds. The number of benzene rings is 2. The highest BCUT2D eigenvalue weighted by Gasteiger charge is 2.39. The number of rotatable bonds is 5. The van der Waals surface area contributed by atoms with Gasteiger partial charge in [-0.05, 0) is 24.1 Å². The molecule has 1 saturated heterocycles. The zero-order valence-corrected chi connectivity index (χ0v) is 14.7. The second-order valence-corrected chi connectivity index (χ2v) is 6.93. The van der Waals surface area contributed by atoms with E-state index in [4.69, 9.17) is 16.3 Å². The predicted octanol–water partition coefficient (Wildman–Crippen LogP) is 3.95. The lowest BCUT2D eigenvalue weighted by molar-refractivity contribution is -0.0724. The minimum Gasteiger partial charge on any atom is -0.491 e. The summed E-state index contributed by atoms with van der Waals surface area (Å²) in [6.07, 6.45) is 0.740. The molecule has 1 aliphatic rings. The average molecular weight is 346 g/mol. The Morgan fingerprint density at radius 2 is 1.88 bits per heavy atom. The Bertz CT molecular complexity index is 664. The summed E-state index contributed by atoms with van der Waals surface area (Å²) in [6.45, 7) is 5.27. The van der Waals surface area contributed by atoms with Crippen LogP contribution in [0.2, 0.25) is 5.02 Å². The van der Waals surface area contributed by atoms with Crippen LogP contribution in [-0.4, -0.2) is 36.2 Å². The molecule has 2 unspecified atom stereocenters. The van der Waals surface area contributed by atoms with Gasteiger partial charge in [-0.1, -0.05) is 61.0 Å². The maximum Gasteiger partial charge on any atom is 0.137 e. The van der Waals surface area contributed by atoms with Gasteiger partial charge in [0.05, 0.1) is 10.6 Å². The van der Waals surface area contributed by atoms with Gasteiger partial charge in [-0.2, -0.15) is 0 Å². The molecule has 2 aromatic carbocycles. The van der Waals surface area contributed by atoms with Crippen molar-refractivity contribution in [3.8, 4) is 5.75 Å². The number of hydrogen-bond donors (Lipinski definition) is 1. The number of piperidine rings is 1. The van der Waals surface area contributed by atoms with Crippen LogP contribution < -0.4 is 4.74 Å². The van der Waals surface area contributed by atoms with Crippen LogP contribution in [0.1, 0.15) is 18.9 Å². The maximum atomic E-state index is 11.1. The van der Waals surface area contributed by atoms with Gasteiger partial charge in [-0.3, -0.25) is 4.90 Å². The lowest BCUT2D eigenvalue weighted by Crippen LogP contribution is -2.49. The molecule has 4 heteroatoms. The number of likely N-dealkylation sites (tertiary alicyclic amines) is 1. The van der Waals surface area contributed by atoms with Crippen molar-refractivity contribution in [1.29, 1.82) is 0 Å². The Morgan fingerprint density at radius 1 is 1.17 bits per heavy atom. The minimum atomic E-state index is -0.735. The second-order valence-electron chi connectivity index (χ2n) is 6.52. The van der Waals surface area contributed by atoms with Crippen LogP contribution in [0.5, 0.6) is 5.75 Å². The van der Waals surface area contributed by atoms with E-state index in [0.29, 0.717) is 11.6 Å². The molecule has 1 fully saturated rings. The van der Waals surface area contributed by atoms with E-state index in [-0.39, 0.29) is 5.92 Å². The molecule has 2 aromatic rings. The Balaban J connectivity index is 1.53. The highest BCUT2D eigenvalue weighted by molar-refractivity contribution is 6.32. The number of nitrogens with zero attached hydrogens (tertiary/aromatic N) is 1. The van der Waals surface area contributed by atoms with Gasteiger partial charge in [0.15, 0.2) is 0 Å². The van der Waals surface area contributed by atoms with Crippen molar-refractivity contribution >= 4 is 11.6 Å². The largest absolute Gasteiger partial charge is 0.491 e. The lowest BCUT2D eigenvalue weighted by Gasteiger charge is -2.43. The zero-order chi connectivity index (χ0) is 17.0. The fourth-order valence-electron chi connectivity index (χ4n) is 3.41. The summed E-state index contributed by atoms with van der Waals surface area (Å²) >= 11 is 6.10. The van der Waals surface area contributed by atoms with E-state index in [1.807, 2.05) is 54.6 Å². The van der Waals surface area contributed by atoms with Gasteiger partial charge in [-0.25, -0.2) is 0 Å². The molecule has 1 aliphatic heterocycles. The first kappa shape index (κ1) is 17.3. The minimum absolute atomic E-state index is 0.175. The number of para-hydroxylation sites is 1. The van der Waals surface area contributed by atoms with Gasteiger partial charge in [0, 0.05) is 25.6 Å². The van der Waals surface area contributed by atoms with Crippen LogP contribution in [-0.2, 0) is 5.60 Å². The number of halogens is 1. The van der Waals surface area contributed by atoms with Crippen LogP contribution >= 0.6 is 11.6 Å². The van der Waals surface area contributed by atoms with Gasteiger partial charge in [0.25, 0.3) is 0 Å². The average Bonchev–Trinajstić information content (AvgIpc) is 2.60. The molecule has 0 radical (unpaired) electrons. The molecular weight excluding hydrogens is 322 g/mol. The molecule has 0 aromatic heterocycles. The fourth-order valence-corrected chi connectivity index (χ4v) is 3.60. The van der Waals surface area contributed by atoms with Crippen molar-refractivity contribution in [1.82, 2.24) is 4.90 Å². The first-order valence-electron chi connectivity index (χ1n) is 8.47. The highest BCUT2D eigenvalue weighted by atomic mass is 35.5. The summed E-state index contributed by atoms with van der Waals surface area (Å²) in [4.78, 5) is 2.35.